The smallest absolute Gasteiger partial charge is 0.348 e. The standard InChI is InChI=1S/C22H19Cl2NO3S/c1-22(2,3)25(20(26)15-10-9-14(23)11-16(15)24)17-12-18(29-19(17)21(27)28)13-7-5-4-6-8-13/h4-12H,1-3H3,(H,27,28). The predicted molar refractivity (Wildman–Crippen MR) is 120 cm³/mol. The highest BCUT2D eigenvalue weighted by atomic mass is 35.5. The predicted octanol–water partition coefficient (Wildman–Crippen LogP) is 6.87. The summed E-state index contributed by atoms with van der Waals surface area (Å²) in [7, 11) is 0. The first kappa shape index (κ1) is 21.4. The number of nitrogens with zero attached hydrogens (tertiary/aromatic N) is 1. The Morgan fingerprint density at radius 2 is 1.66 bits per heavy atom. The third-order valence-corrected chi connectivity index (χ3v) is 5.95. The lowest BCUT2D eigenvalue weighted by Crippen LogP contribution is -2.46. The maximum atomic E-state index is 13.5. The maximum Gasteiger partial charge on any atom is 0.348 e. The molecule has 2 aromatic carbocycles. The molecule has 150 valence electrons. The molecule has 1 heterocycles. The number of halogens is 2. The number of thiophene rings is 1. The second kappa shape index (κ2) is 8.19. The molecule has 1 aromatic heterocycles. The van der Waals surface area contributed by atoms with Crippen LogP contribution in [0.15, 0.2) is 54.6 Å². The molecule has 0 bridgehead atoms. The largest absolute Gasteiger partial charge is 0.477 e. The van der Waals surface area contributed by atoms with E-state index in [1.165, 1.54) is 11.0 Å². The Morgan fingerprint density at radius 1 is 1.00 bits per heavy atom. The van der Waals surface area contributed by atoms with Crippen molar-refractivity contribution in [2.24, 2.45) is 0 Å². The number of anilines is 1. The van der Waals surface area contributed by atoms with Gasteiger partial charge in [-0.25, -0.2) is 4.79 Å². The van der Waals surface area contributed by atoms with Crippen LogP contribution in [0.2, 0.25) is 10.0 Å². The quantitative estimate of drug-likeness (QED) is 0.474. The van der Waals surface area contributed by atoms with Gasteiger partial charge in [0.05, 0.1) is 16.3 Å². The van der Waals surface area contributed by atoms with Gasteiger partial charge < -0.3 is 10.0 Å². The number of carbonyl (C=O) groups excluding carboxylic acids is 1. The number of hydrogen-bond acceptors (Lipinski definition) is 3. The van der Waals surface area contributed by atoms with Crippen molar-refractivity contribution in [1.82, 2.24) is 0 Å². The van der Waals surface area contributed by atoms with E-state index in [-0.39, 0.29) is 21.4 Å². The number of carboxylic acid groups (broad SMARTS) is 1. The van der Waals surface area contributed by atoms with Crippen molar-refractivity contribution in [3.05, 3.63) is 75.1 Å². The Balaban J connectivity index is 2.18. The first-order valence-corrected chi connectivity index (χ1v) is 10.4. The summed E-state index contributed by atoms with van der Waals surface area (Å²) < 4.78 is 0. The van der Waals surface area contributed by atoms with E-state index in [4.69, 9.17) is 23.2 Å². The summed E-state index contributed by atoms with van der Waals surface area (Å²) in [5.74, 6) is -1.48. The SMILES string of the molecule is CC(C)(C)N(C(=O)c1ccc(Cl)cc1Cl)c1cc(-c2ccccc2)sc1C(=O)O. The Labute approximate surface area is 183 Å². The molecule has 0 unspecified atom stereocenters. The van der Waals surface area contributed by atoms with Crippen LogP contribution in [0.5, 0.6) is 0 Å². The van der Waals surface area contributed by atoms with Gasteiger partial charge in [0, 0.05) is 15.4 Å². The molecule has 0 saturated carbocycles. The second-order valence-corrected chi connectivity index (χ2v) is 9.33. The van der Waals surface area contributed by atoms with Crippen LogP contribution < -0.4 is 4.90 Å². The first-order chi connectivity index (χ1) is 13.6. The summed E-state index contributed by atoms with van der Waals surface area (Å²) in [5.41, 5.74) is 0.788. The second-order valence-electron chi connectivity index (χ2n) is 7.43. The molecule has 29 heavy (non-hydrogen) atoms. The number of carbonyl (C=O) groups is 2. The van der Waals surface area contributed by atoms with E-state index in [1.54, 1.807) is 18.2 Å². The van der Waals surface area contributed by atoms with Crippen molar-refractivity contribution in [2.45, 2.75) is 26.3 Å². The molecular weight excluding hydrogens is 429 g/mol. The number of benzene rings is 2. The van der Waals surface area contributed by atoms with Crippen molar-refractivity contribution >= 4 is 52.1 Å². The maximum absolute atomic E-state index is 13.5. The molecule has 0 spiro atoms. The van der Waals surface area contributed by atoms with E-state index in [2.05, 4.69) is 0 Å². The summed E-state index contributed by atoms with van der Waals surface area (Å²) in [6, 6.07) is 15.9. The number of hydrogen-bond donors (Lipinski definition) is 1. The fourth-order valence-electron chi connectivity index (χ4n) is 3.00. The Kier molecular flexibility index (Phi) is 6.03. The lowest BCUT2D eigenvalue weighted by molar-refractivity contribution is 0.0703. The van der Waals surface area contributed by atoms with Crippen LogP contribution in [-0.2, 0) is 0 Å². The highest BCUT2D eigenvalue weighted by Crippen LogP contribution is 2.40. The molecule has 0 aliphatic rings. The molecule has 1 N–H and O–H groups in total. The van der Waals surface area contributed by atoms with Crippen molar-refractivity contribution in [3.8, 4) is 10.4 Å². The van der Waals surface area contributed by atoms with E-state index in [0.29, 0.717) is 10.7 Å². The Morgan fingerprint density at radius 3 is 2.21 bits per heavy atom. The Bertz CT molecular complexity index is 1070. The molecular formula is C22H19Cl2NO3S. The number of aromatic carboxylic acids is 1. The van der Waals surface area contributed by atoms with Crippen molar-refractivity contribution in [1.29, 1.82) is 0 Å². The zero-order chi connectivity index (χ0) is 21.3. The van der Waals surface area contributed by atoms with Crippen LogP contribution >= 0.6 is 34.5 Å². The van der Waals surface area contributed by atoms with Crippen LogP contribution in [0, 0.1) is 0 Å². The van der Waals surface area contributed by atoms with Gasteiger partial charge in [-0.1, -0.05) is 53.5 Å². The van der Waals surface area contributed by atoms with Crippen LogP contribution in [0.1, 0.15) is 40.8 Å². The van der Waals surface area contributed by atoms with Crippen LogP contribution in [0.4, 0.5) is 5.69 Å². The highest BCUT2D eigenvalue weighted by molar-refractivity contribution is 7.18. The molecule has 0 saturated heterocycles. The highest BCUT2D eigenvalue weighted by Gasteiger charge is 2.34. The Hall–Kier alpha value is -2.34. The van der Waals surface area contributed by atoms with E-state index < -0.39 is 11.5 Å². The monoisotopic (exact) mass is 447 g/mol. The van der Waals surface area contributed by atoms with Gasteiger partial charge in [0.25, 0.3) is 5.91 Å². The molecule has 0 atom stereocenters. The van der Waals surface area contributed by atoms with Gasteiger partial charge in [-0.05, 0) is 50.6 Å². The third-order valence-electron chi connectivity index (χ3n) is 4.24. The topological polar surface area (TPSA) is 57.6 Å². The van der Waals surface area contributed by atoms with Gasteiger partial charge in [-0.2, -0.15) is 0 Å². The molecule has 0 fully saturated rings. The van der Waals surface area contributed by atoms with Gasteiger partial charge in [0.1, 0.15) is 4.88 Å². The number of amides is 1. The summed E-state index contributed by atoms with van der Waals surface area (Å²) in [4.78, 5) is 27.8. The van der Waals surface area contributed by atoms with Gasteiger partial charge in [-0.3, -0.25) is 4.79 Å². The van der Waals surface area contributed by atoms with Crippen molar-refractivity contribution in [3.63, 3.8) is 0 Å². The molecule has 0 radical (unpaired) electrons. The van der Waals surface area contributed by atoms with Gasteiger partial charge in [-0.15, -0.1) is 11.3 Å². The lowest BCUT2D eigenvalue weighted by atomic mass is 10.0. The zero-order valence-electron chi connectivity index (χ0n) is 16.1. The summed E-state index contributed by atoms with van der Waals surface area (Å²) in [6.45, 7) is 5.54. The minimum absolute atomic E-state index is 0.0946. The molecule has 4 nitrogen and oxygen atoms in total. The average Bonchev–Trinajstić information content (AvgIpc) is 3.06. The van der Waals surface area contributed by atoms with E-state index in [0.717, 1.165) is 21.8 Å². The molecule has 7 heteroatoms. The molecule has 1 amide bonds. The minimum atomic E-state index is -1.09. The number of rotatable bonds is 4. The molecule has 3 aromatic rings. The summed E-state index contributed by atoms with van der Waals surface area (Å²) in [6.07, 6.45) is 0. The summed E-state index contributed by atoms with van der Waals surface area (Å²) >= 11 is 13.4. The summed E-state index contributed by atoms with van der Waals surface area (Å²) in [5, 5.41) is 10.4. The first-order valence-electron chi connectivity index (χ1n) is 8.81. The zero-order valence-corrected chi connectivity index (χ0v) is 18.4. The van der Waals surface area contributed by atoms with Gasteiger partial charge >= 0.3 is 5.97 Å². The fourth-order valence-corrected chi connectivity index (χ4v) is 4.48. The van der Waals surface area contributed by atoms with Gasteiger partial charge in [0.2, 0.25) is 0 Å². The lowest BCUT2D eigenvalue weighted by Gasteiger charge is -2.35. The fraction of sp³-hybridized carbons (Fsp3) is 0.182. The van der Waals surface area contributed by atoms with E-state index in [1.807, 2.05) is 51.1 Å². The van der Waals surface area contributed by atoms with Crippen LogP contribution in [0.3, 0.4) is 0 Å². The van der Waals surface area contributed by atoms with Crippen molar-refractivity contribution < 1.29 is 14.7 Å². The van der Waals surface area contributed by atoms with E-state index >= 15 is 0 Å². The van der Waals surface area contributed by atoms with Crippen molar-refractivity contribution in [2.75, 3.05) is 4.90 Å². The number of carboxylic acids is 1. The van der Waals surface area contributed by atoms with Crippen LogP contribution in [-0.4, -0.2) is 22.5 Å². The molecule has 0 aliphatic heterocycles. The molecule has 3 rings (SSSR count). The minimum Gasteiger partial charge on any atom is -0.477 e. The normalized spacial score (nSPS) is 11.3. The molecule has 0 aliphatic carbocycles. The van der Waals surface area contributed by atoms with Gasteiger partial charge in [0.15, 0.2) is 0 Å². The van der Waals surface area contributed by atoms with Crippen LogP contribution in [0.25, 0.3) is 10.4 Å². The average molecular weight is 448 g/mol. The van der Waals surface area contributed by atoms with E-state index in [9.17, 15) is 14.7 Å². The third kappa shape index (κ3) is 4.47.